The predicted molar refractivity (Wildman–Crippen MR) is 147 cm³/mol. The van der Waals surface area contributed by atoms with Gasteiger partial charge in [-0.3, -0.25) is 9.80 Å². The molecule has 5 heterocycles. The Labute approximate surface area is 234 Å². The number of benzene rings is 1. The lowest BCUT2D eigenvalue weighted by Gasteiger charge is -2.34. The van der Waals surface area contributed by atoms with E-state index in [1.54, 1.807) is 18.5 Å². The number of hydrogen-bond donors (Lipinski definition) is 2. The molecule has 2 saturated heterocycles. The maximum absolute atomic E-state index is 15.0. The molecule has 2 N–H and O–H groups in total. The zero-order valence-electron chi connectivity index (χ0n) is 22.9. The fraction of sp³-hybridized carbons (Fsp3) is 0.393. The summed E-state index contributed by atoms with van der Waals surface area (Å²) in [6, 6.07) is 4.38. The number of hydrogen-bond acceptors (Lipinski definition) is 8. The normalized spacial score (nSPS) is 19.2. The number of anilines is 2. The number of halogens is 2. The second-order valence-electron chi connectivity index (χ2n) is 10.7. The number of aromatic nitrogens is 5. The zero-order valence-corrected chi connectivity index (χ0v) is 22.9. The number of carboxylic acid groups (broad SMARTS) is 1. The van der Waals surface area contributed by atoms with Crippen LogP contribution in [0.25, 0.3) is 22.2 Å². The number of likely N-dealkylation sites (tertiary alicyclic amines) is 1. The van der Waals surface area contributed by atoms with Gasteiger partial charge in [0.05, 0.1) is 30.5 Å². The van der Waals surface area contributed by atoms with Crippen LogP contribution >= 0.6 is 0 Å². The van der Waals surface area contributed by atoms with Gasteiger partial charge < -0.3 is 19.7 Å². The highest BCUT2D eigenvalue weighted by Gasteiger charge is 2.42. The van der Waals surface area contributed by atoms with E-state index >= 15 is 4.39 Å². The molecule has 0 spiro atoms. The Kier molecular flexibility index (Phi) is 6.99. The monoisotopic (exact) mass is 564 g/mol. The second-order valence-corrected chi connectivity index (χ2v) is 10.7. The highest BCUT2D eigenvalue weighted by molar-refractivity contribution is 5.84. The summed E-state index contributed by atoms with van der Waals surface area (Å²) in [4.78, 5) is 32.3. The van der Waals surface area contributed by atoms with E-state index in [-0.39, 0.29) is 35.2 Å². The SMILES string of the molecule is Cc1nc2c(F)cc(-c3cc(Nc4ncc(CN5C[C@H]6OCCN(C(=O)O)[C@H]6C5)cn4)ncc3F)cc2n1C(C)C. The number of amides is 1. The van der Waals surface area contributed by atoms with E-state index in [0.29, 0.717) is 55.5 Å². The van der Waals surface area contributed by atoms with E-state index in [9.17, 15) is 14.3 Å². The van der Waals surface area contributed by atoms with Gasteiger partial charge in [-0.25, -0.2) is 33.5 Å². The number of nitrogens with zero attached hydrogens (tertiary/aromatic N) is 7. The summed E-state index contributed by atoms with van der Waals surface area (Å²) in [5.41, 5.74) is 2.25. The van der Waals surface area contributed by atoms with Crippen LogP contribution in [0.1, 0.15) is 31.3 Å². The van der Waals surface area contributed by atoms with Crippen LogP contribution < -0.4 is 5.32 Å². The Morgan fingerprint density at radius 2 is 1.90 bits per heavy atom. The predicted octanol–water partition coefficient (Wildman–Crippen LogP) is 4.36. The van der Waals surface area contributed by atoms with E-state index < -0.39 is 17.7 Å². The number of rotatable bonds is 6. The van der Waals surface area contributed by atoms with Crippen LogP contribution in [-0.4, -0.2) is 83.9 Å². The van der Waals surface area contributed by atoms with Gasteiger partial charge in [-0.05, 0) is 44.5 Å². The summed E-state index contributed by atoms with van der Waals surface area (Å²) in [6.45, 7) is 8.30. The molecule has 0 bridgehead atoms. The molecule has 3 aromatic heterocycles. The number of pyridine rings is 1. The minimum atomic E-state index is -0.926. The highest BCUT2D eigenvalue weighted by atomic mass is 19.1. The molecule has 0 radical (unpaired) electrons. The van der Waals surface area contributed by atoms with Gasteiger partial charge in [0.15, 0.2) is 5.82 Å². The van der Waals surface area contributed by atoms with Crippen molar-refractivity contribution in [3.05, 3.63) is 59.8 Å². The van der Waals surface area contributed by atoms with Crippen LogP contribution in [0, 0.1) is 18.6 Å². The lowest BCUT2D eigenvalue weighted by Crippen LogP contribution is -2.52. The van der Waals surface area contributed by atoms with Crippen molar-refractivity contribution in [1.82, 2.24) is 34.3 Å². The molecule has 41 heavy (non-hydrogen) atoms. The number of carbonyl (C=O) groups is 1. The fourth-order valence-corrected chi connectivity index (χ4v) is 5.81. The third kappa shape index (κ3) is 5.18. The molecule has 6 rings (SSSR count). The summed E-state index contributed by atoms with van der Waals surface area (Å²) in [5.74, 6) is 0.142. The van der Waals surface area contributed by atoms with E-state index in [4.69, 9.17) is 4.74 Å². The number of morpholine rings is 1. The molecule has 4 aromatic rings. The van der Waals surface area contributed by atoms with Gasteiger partial charge in [0.2, 0.25) is 5.95 Å². The molecule has 2 aliphatic heterocycles. The van der Waals surface area contributed by atoms with Crippen molar-refractivity contribution in [3.8, 4) is 11.1 Å². The van der Waals surface area contributed by atoms with Gasteiger partial charge >= 0.3 is 6.09 Å². The van der Waals surface area contributed by atoms with Crippen molar-refractivity contribution in [2.24, 2.45) is 0 Å². The van der Waals surface area contributed by atoms with Crippen molar-refractivity contribution < 1.29 is 23.4 Å². The summed E-state index contributed by atoms with van der Waals surface area (Å²) >= 11 is 0. The standard InChI is InChI=1S/C28H30F2N8O3/c1-15(2)38-16(3)34-26-20(29)6-18(7-22(26)38)19-8-25(31-11-21(19)30)35-27-32-9-17(10-33-27)12-36-13-23-24(14-36)41-5-4-37(23)28(39)40/h6-11,15,23-24H,4-5,12-14H2,1-3H3,(H,39,40)(H,31,32,33,35)/t23-,24+/m0/s1. The number of imidazole rings is 1. The van der Waals surface area contributed by atoms with Crippen molar-refractivity contribution in [2.75, 3.05) is 31.6 Å². The van der Waals surface area contributed by atoms with Crippen LogP contribution in [0.4, 0.5) is 25.3 Å². The van der Waals surface area contributed by atoms with Crippen LogP contribution in [0.3, 0.4) is 0 Å². The lowest BCUT2D eigenvalue weighted by atomic mass is 10.0. The van der Waals surface area contributed by atoms with Gasteiger partial charge in [0.1, 0.15) is 23.0 Å². The number of fused-ring (bicyclic) bond motifs is 2. The van der Waals surface area contributed by atoms with Gasteiger partial charge in [0.25, 0.3) is 0 Å². The first-order chi connectivity index (χ1) is 19.7. The molecule has 1 amide bonds. The minimum Gasteiger partial charge on any atom is -0.465 e. The van der Waals surface area contributed by atoms with E-state index in [1.165, 1.54) is 17.0 Å². The highest BCUT2D eigenvalue weighted by Crippen LogP contribution is 2.32. The average Bonchev–Trinajstić information content (AvgIpc) is 3.50. The van der Waals surface area contributed by atoms with Crippen molar-refractivity contribution in [1.29, 1.82) is 0 Å². The molecule has 2 aliphatic rings. The smallest absolute Gasteiger partial charge is 0.407 e. The molecular weight excluding hydrogens is 534 g/mol. The third-order valence-electron chi connectivity index (χ3n) is 7.58. The first-order valence-corrected chi connectivity index (χ1v) is 13.4. The Bertz CT molecular complexity index is 1610. The minimum absolute atomic E-state index is 0.0525. The van der Waals surface area contributed by atoms with Gasteiger partial charge in [-0.15, -0.1) is 0 Å². The van der Waals surface area contributed by atoms with Crippen LogP contribution in [0.5, 0.6) is 0 Å². The zero-order chi connectivity index (χ0) is 28.8. The quantitative estimate of drug-likeness (QED) is 0.352. The van der Waals surface area contributed by atoms with E-state index in [0.717, 1.165) is 11.8 Å². The first kappa shape index (κ1) is 27.0. The Hall–Kier alpha value is -4.23. The van der Waals surface area contributed by atoms with Crippen molar-refractivity contribution >= 4 is 28.9 Å². The molecule has 13 heteroatoms. The Morgan fingerprint density at radius 3 is 2.63 bits per heavy atom. The molecule has 1 aromatic carbocycles. The van der Waals surface area contributed by atoms with Crippen LogP contribution in [0.2, 0.25) is 0 Å². The van der Waals surface area contributed by atoms with Crippen LogP contribution in [0.15, 0.2) is 36.8 Å². The maximum atomic E-state index is 15.0. The molecule has 0 saturated carbocycles. The summed E-state index contributed by atoms with van der Waals surface area (Å²) < 4.78 is 37.6. The summed E-state index contributed by atoms with van der Waals surface area (Å²) in [7, 11) is 0. The number of ether oxygens (including phenoxy) is 1. The average molecular weight is 565 g/mol. The maximum Gasteiger partial charge on any atom is 0.407 e. The molecule has 214 valence electrons. The van der Waals surface area contributed by atoms with Crippen molar-refractivity contribution in [3.63, 3.8) is 0 Å². The summed E-state index contributed by atoms with van der Waals surface area (Å²) in [6.07, 6.45) is 3.36. The first-order valence-electron chi connectivity index (χ1n) is 13.4. The second kappa shape index (κ2) is 10.6. The summed E-state index contributed by atoms with van der Waals surface area (Å²) in [5, 5.41) is 12.5. The van der Waals surface area contributed by atoms with Crippen LogP contribution in [-0.2, 0) is 11.3 Å². The van der Waals surface area contributed by atoms with E-state index in [1.807, 2.05) is 25.3 Å². The van der Waals surface area contributed by atoms with Gasteiger partial charge in [0, 0.05) is 55.7 Å². The number of aryl methyl sites for hydroxylation is 1. The van der Waals surface area contributed by atoms with E-state index in [2.05, 4.69) is 30.2 Å². The number of nitrogens with one attached hydrogen (secondary N) is 1. The topological polar surface area (TPSA) is 122 Å². The Morgan fingerprint density at radius 1 is 1.12 bits per heavy atom. The lowest BCUT2D eigenvalue weighted by molar-refractivity contribution is -0.0383. The molecule has 0 aliphatic carbocycles. The molecule has 2 atom stereocenters. The third-order valence-corrected chi connectivity index (χ3v) is 7.58. The fourth-order valence-electron chi connectivity index (χ4n) is 5.81. The van der Waals surface area contributed by atoms with Gasteiger partial charge in [-0.2, -0.15) is 0 Å². The molecule has 2 fully saturated rings. The molecule has 11 nitrogen and oxygen atoms in total. The van der Waals surface area contributed by atoms with Crippen molar-refractivity contribution in [2.45, 2.75) is 45.5 Å². The molecular formula is C28H30F2N8O3. The Balaban J connectivity index is 1.18. The molecule has 0 unspecified atom stereocenters. The van der Waals surface area contributed by atoms with Gasteiger partial charge in [-0.1, -0.05) is 0 Å². The largest absolute Gasteiger partial charge is 0.465 e.